The Balaban J connectivity index is 3.61. The lowest BCUT2D eigenvalue weighted by Gasteiger charge is -2.20. The van der Waals surface area contributed by atoms with E-state index in [1.165, 1.54) is 0 Å². The summed E-state index contributed by atoms with van der Waals surface area (Å²) in [6, 6.07) is 0. The summed E-state index contributed by atoms with van der Waals surface area (Å²) in [7, 11) is 0. The van der Waals surface area contributed by atoms with Gasteiger partial charge in [-0.2, -0.15) is 0 Å². The Hall–Kier alpha value is -1.30. The summed E-state index contributed by atoms with van der Waals surface area (Å²) in [5.74, 6) is -0.315. The maximum atomic E-state index is 11.3. The van der Waals surface area contributed by atoms with Crippen LogP contribution in [0.1, 0.15) is 41.5 Å². The molecule has 6 nitrogen and oxygen atoms in total. The molecule has 0 saturated carbocycles. The van der Waals surface area contributed by atoms with Crippen molar-refractivity contribution >= 4 is 12.1 Å². The third kappa shape index (κ3) is 12.9. The standard InChI is InChI=1S/C13H26N2O4/c1-12(2,3)18-10(16)9-14-7-8-15-11(17)19-13(4,5)6/h14H,7-9H2,1-6H3,(H,15,17). The Morgan fingerprint density at radius 1 is 0.895 bits per heavy atom. The van der Waals surface area contributed by atoms with Crippen LogP contribution in [-0.2, 0) is 14.3 Å². The van der Waals surface area contributed by atoms with Gasteiger partial charge in [0.1, 0.15) is 11.2 Å². The SMILES string of the molecule is CC(C)(C)OC(=O)CNCCNC(=O)OC(C)(C)C. The molecule has 0 atom stereocenters. The van der Waals surface area contributed by atoms with Crippen molar-refractivity contribution in [2.45, 2.75) is 52.7 Å². The predicted octanol–water partition coefficient (Wildman–Crippen LogP) is 1.44. The molecule has 0 aliphatic heterocycles. The highest BCUT2D eigenvalue weighted by molar-refractivity contribution is 5.72. The molecule has 0 saturated heterocycles. The number of carbonyl (C=O) groups excluding carboxylic acids is 2. The molecular formula is C13H26N2O4. The van der Waals surface area contributed by atoms with Crippen LogP contribution in [0.25, 0.3) is 0 Å². The minimum atomic E-state index is -0.506. The van der Waals surface area contributed by atoms with E-state index >= 15 is 0 Å². The smallest absolute Gasteiger partial charge is 0.407 e. The van der Waals surface area contributed by atoms with Gasteiger partial charge in [-0.3, -0.25) is 4.79 Å². The molecule has 0 aliphatic carbocycles. The molecule has 0 fully saturated rings. The predicted molar refractivity (Wildman–Crippen MR) is 73.0 cm³/mol. The number of rotatable bonds is 5. The van der Waals surface area contributed by atoms with Crippen molar-refractivity contribution in [3.05, 3.63) is 0 Å². The number of alkyl carbamates (subject to hydrolysis) is 1. The van der Waals surface area contributed by atoms with E-state index in [1.807, 2.05) is 20.8 Å². The number of esters is 1. The average Bonchev–Trinajstić information content (AvgIpc) is 2.10. The summed E-state index contributed by atoms with van der Waals surface area (Å²) < 4.78 is 10.2. The van der Waals surface area contributed by atoms with Crippen molar-refractivity contribution in [1.82, 2.24) is 10.6 Å². The minimum Gasteiger partial charge on any atom is -0.459 e. The third-order valence-corrected chi connectivity index (χ3v) is 1.66. The van der Waals surface area contributed by atoms with E-state index in [1.54, 1.807) is 20.8 Å². The molecule has 0 aromatic heterocycles. The van der Waals surface area contributed by atoms with Gasteiger partial charge in [0.05, 0.1) is 6.54 Å². The number of carbonyl (C=O) groups is 2. The van der Waals surface area contributed by atoms with Crippen LogP contribution in [-0.4, -0.2) is 42.9 Å². The first kappa shape index (κ1) is 17.7. The van der Waals surface area contributed by atoms with Crippen molar-refractivity contribution in [3.8, 4) is 0 Å². The second kappa shape index (κ2) is 7.33. The highest BCUT2D eigenvalue weighted by atomic mass is 16.6. The Morgan fingerprint density at radius 3 is 1.89 bits per heavy atom. The van der Waals surface area contributed by atoms with E-state index in [0.29, 0.717) is 13.1 Å². The number of hydrogen-bond donors (Lipinski definition) is 2. The summed E-state index contributed by atoms with van der Waals surface area (Å²) >= 11 is 0. The van der Waals surface area contributed by atoms with Gasteiger partial charge in [0, 0.05) is 13.1 Å². The lowest BCUT2D eigenvalue weighted by atomic mass is 10.2. The maximum absolute atomic E-state index is 11.3. The molecule has 0 aromatic carbocycles. The highest BCUT2D eigenvalue weighted by Crippen LogP contribution is 2.06. The molecule has 19 heavy (non-hydrogen) atoms. The number of amides is 1. The van der Waals surface area contributed by atoms with Gasteiger partial charge >= 0.3 is 12.1 Å². The van der Waals surface area contributed by atoms with Gasteiger partial charge in [-0.1, -0.05) is 0 Å². The fourth-order valence-electron chi connectivity index (χ4n) is 1.14. The largest absolute Gasteiger partial charge is 0.459 e. The van der Waals surface area contributed by atoms with Gasteiger partial charge in [-0.05, 0) is 41.5 Å². The molecule has 0 heterocycles. The van der Waals surface area contributed by atoms with E-state index in [0.717, 1.165) is 0 Å². The monoisotopic (exact) mass is 274 g/mol. The second-order valence-electron chi connectivity index (χ2n) is 6.19. The van der Waals surface area contributed by atoms with Crippen molar-refractivity contribution in [2.75, 3.05) is 19.6 Å². The molecule has 0 radical (unpaired) electrons. The van der Waals surface area contributed by atoms with Gasteiger partial charge in [-0.25, -0.2) is 4.79 Å². The summed E-state index contributed by atoms with van der Waals surface area (Å²) in [6.07, 6.45) is -0.466. The van der Waals surface area contributed by atoms with E-state index in [-0.39, 0.29) is 12.5 Å². The molecule has 6 heteroatoms. The van der Waals surface area contributed by atoms with E-state index in [9.17, 15) is 9.59 Å². The van der Waals surface area contributed by atoms with Gasteiger partial charge in [0.2, 0.25) is 0 Å². The first-order valence-corrected chi connectivity index (χ1v) is 6.39. The first-order valence-electron chi connectivity index (χ1n) is 6.39. The van der Waals surface area contributed by atoms with E-state index < -0.39 is 17.3 Å². The van der Waals surface area contributed by atoms with Crippen LogP contribution in [0.4, 0.5) is 4.79 Å². The van der Waals surface area contributed by atoms with Crippen LogP contribution >= 0.6 is 0 Å². The second-order valence-corrected chi connectivity index (χ2v) is 6.19. The van der Waals surface area contributed by atoms with Crippen molar-refractivity contribution in [2.24, 2.45) is 0 Å². The molecular weight excluding hydrogens is 248 g/mol. The number of ether oxygens (including phenoxy) is 2. The zero-order valence-electron chi connectivity index (χ0n) is 12.8. The van der Waals surface area contributed by atoms with Crippen LogP contribution in [0.5, 0.6) is 0 Å². The Kier molecular flexibility index (Phi) is 6.83. The molecule has 0 aliphatic rings. The summed E-state index contributed by atoms with van der Waals surface area (Å²) in [5, 5.41) is 5.47. The Labute approximate surface area is 115 Å². The van der Waals surface area contributed by atoms with Crippen LogP contribution in [0.15, 0.2) is 0 Å². The molecule has 112 valence electrons. The molecule has 0 aromatic rings. The zero-order valence-corrected chi connectivity index (χ0v) is 12.8. The van der Waals surface area contributed by atoms with Crippen molar-refractivity contribution in [3.63, 3.8) is 0 Å². The first-order chi connectivity index (χ1) is 8.49. The molecule has 1 amide bonds. The summed E-state index contributed by atoms with van der Waals surface area (Å²) in [4.78, 5) is 22.6. The Morgan fingerprint density at radius 2 is 1.42 bits per heavy atom. The third-order valence-electron chi connectivity index (χ3n) is 1.66. The quantitative estimate of drug-likeness (QED) is 0.586. The average molecular weight is 274 g/mol. The van der Waals surface area contributed by atoms with Crippen molar-refractivity contribution < 1.29 is 19.1 Å². The van der Waals surface area contributed by atoms with Crippen LogP contribution in [0, 0.1) is 0 Å². The molecule has 2 N–H and O–H groups in total. The fourth-order valence-corrected chi connectivity index (χ4v) is 1.14. The summed E-state index contributed by atoms with van der Waals surface area (Å²) in [6.45, 7) is 11.8. The molecule has 0 spiro atoms. The zero-order chi connectivity index (χ0) is 15.1. The minimum absolute atomic E-state index is 0.118. The van der Waals surface area contributed by atoms with Gasteiger partial charge in [0.25, 0.3) is 0 Å². The van der Waals surface area contributed by atoms with Crippen molar-refractivity contribution in [1.29, 1.82) is 0 Å². The van der Waals surface area contributed by atoms with Crippen LogP contribution in [0.2, 0.25) is 0 Å². The maximum Gasteiger partial charge on any atom is 0.407 e. The molecule has 0 rings (SSSR count). The van der Waals surface area contributed by atoms with Gasteiger partial charge in [0.15, 0.2) is 0 Å². The number of nitrogens with one attached hydrogen (secondary N) is 2. The van der Waals surface area contributed by atoms with Gasteiger partial charge < -0.3 is 20.1 Å². The number of hydrogen-bond acceptors (Lipinski definition) is 5. The van der Waals surface area contributed by atoms with Gasteiger partial charge in [-0.15, -0.1) is 0 Å². The van der Waals surface area contributed by atoms with Crippen LogP contribution in [0.3, 0.4) is 0 Å². The lowest BCUT2D eigenvalue weighted by molar-refractivity contribution is -0.153. The highest BCUT2D eigenvalue weighted by Gasteiger charge is 2.16. The lowest BCUT2D eigenvalue weighted by Crippen LogP contribution is -2.38. The van der Waals surface area contributed by atoms with E-state index in [2.05, 4.69) is 10.6 Å². The van der Waals surface area contributed by atoms with Crippen LogP contribution < -0.4 is 10.6 Å². The fraction of sp³-hybridized carbons (Fsp3) is 0.846. The van der Waals surface area contributed by atoms with E-state index in [4.69, 9.17) is 9.47 Å². The normalized spacial score (nSPS) is 11.9. The Bertz CT molecular complexity index is 273. The molecule has 0 bridgehead atoms. The topological polar surface area (TPSA) is 76.7 Å². The summed E-state index contributed by atoms with van der Waals surface area (Å²) in [5.41, 5.74) is -0.985. The molecule has 0 unspecified atom stereocenters.